The number of fused-ring (bicyclic) bond motifs is 1. The minimum Gasteiger partial charge on any atom is -0.508 e. The van der Waals surface area contributed by atoms with Gasteiger partial charge in [0.25, 0.3) is 0 Å². The number of aromatic hydroxyl groups is 1. The Balaban J connectivity index is 2.25. The van der Waals surface area contributed by atoms with E-state index in [2.05, 4.69) is 20.4 Å². The summed E-state index contributed by atoms with van der Waals surface area (Å²) in [5.74, 6) is -0.423. The zero-order valence-corrected chi connectivity index (χ0v) is 14.9. The second kappa shape index (κ2) is 8.02. The summed E-state index contributed by atoms with van der Waals surface area (Å²) in [7, 11) is 0. The van der Waals surface area contributed by atoms with Crippen LogP contribution >= 0.6 is 0 Å². The van der Waals surface area contributed by atoms with Crippen molar-refractivity contribution in [3.8, 4) is 5.75 Å². The summed E-state index contributed by atoms with van der Waals surface area (Å²) >= 11 is 0. The molecule has 25 heavy (non-hydrogen) atoms. The number of carboxylic acids is 1. The molecule has 1 unspecified atom stereocenters. The molecule has 0 saturated heterocycles. The topological polar surface area (TPSA) is 98.0 Å². The van der Waals surface area contributed by atoms with E-state index in [1.807, 2.05) is 0 Å². The van der Waals surface area contributed by atoms with Crippen LogP contribution in [-0.4, -0.2) is 39.1 Å². The third-order valence-electron chi connectivity index (χ3n) is 5.50. The molecule has 1 aliphatic rings. The van der Waals surface area contributed by atoms with Gasteiger partial charge in [0, 0.05) is 5.56 Å². The molecule has 138 valence electrons. The molecule has 0 amide bonds. The van der Waals surface area contributed by atoms with Crippen molar-refractivity contribution in [1.82, 2.24) is 0 Å². The van der Waals surface area contributed by atoms with Gasteiger partial charge < -0.3 is 20.4 Å². The molecule has 0 spiro atoms. The summed E-state index contributed by atoms with van der Waals surface area (Å²) in [6.45, 7) is 7.56. The molecule has 0 bridgehead atoms. The maximum absolute atomic E-state index is 11.3. The number of hydrogen-bond acceptors (Lipinski definition) is 4. The van der Waals surface area contributed by atoms with Crippen LogP contribution in [0.1, 0.15) is 72.9 Å². The van der Waals surface area contributed by atoms with Crippen molar-refractivity contribution in [2.24, 2.45) is 5.92 Å². The summed E-state index contributed by atoms with van der Waals surface area (Å²) in [6, 6.07) is 3.02. The van der Waals surface area contributed by atoms with Crippen molar-refractivity contribution < 1.29 is 25.2 Å². The number of aliphatic hydroxyl groups is 2. The first kappa shape index (κ1) is 19.5. The number of aromatic carboxylic acids is 1. The van der Waals surface area contributed by atoms with Gasteiger partial charge in [-0.05, 0) is 66.7 Å². The molecule has 4 N–H and O–H groups in total. The summed E-state index contributed by atoms with van der Waals surface area (Å²) < 4.78 is 0. The number of hydrogen-bond donors (Lipinski definition) is 4. The smallest absolute Gasteiger partial charge is 0.335 e. The lowest BCUT2D eigenvalue weighted by atomic mass is 9.70. The number of phenolic OH excluding ortho intramolecular Hbond substituents is 1. The van der Waals surface area contributed by atoms with Crippen LogP contribution in [0.5, 0.6) is 5.75 Å². The van der Waals surface area contributed by atoms with Crippen LogP contribution in [0, 0.1) is 5.92 Å². The standard InChI is InChI=1S/C20H28O5/c1-11(5-7-17(22)13(3)10-21)15-6-4-12(2)19-16(15)8-14(20(24)25)9-18(19)23/h8-9,11-12,15,17,21-23H,3-7,10H2,1-2H3,(H,24,25)/t11-,12+,15-,17?/m0/s1. The fourth-order valence-electron chi connectivity index (χ4n) is 3.88. The number of benzene rings is 1. The van der Waals surface area contributed by atoms with E-state index < -0.39 is 12.1 Å². The molecular weight excluding hydrogens is 320 g/mol. The van der Waals surface area contributed by atoms with E-state index in [9.17, 15) is 20.1 Å². The van der Waals surface area contributed by atoms with Crippen molar-refractivity contribution in [2.75, 3.05) is 6.61 Å². The summed E-state index contributed by atoms with van der Waals surface area (Å²) in [4.78, 5) is 11.3. The Kier molecular flexibility index (Phi) is 6.25. The van der Waals surface area contributed by atoms with E-state index in [4.69, 9.17) is 5.11 Å². The average molecular weight is 348 g/mol. The second-order valence-electron chi connectivity index (χ2n) is 7.28. The summed E-state index contributed by atoms with van der Waals surface area (Å²) in [5, 5.41) is 38.7. The first-order valence-corrected chi connectivity index (χ1v) is 8.82. The zero-order chi connectivity index (χ0) is 18.7. The predicted molar refractivity (Wildman–Crippen MR) is 96.1 cm³/mol. The highest BCUT2D eigenvalue weighted by Gasteiger charge is 2.32. The largest absolute Gasteiger partial charge is 0.508 e. The lowest BCUT2D eigenvalue weighted by Gasteiger charge is -2.34. The molecule has 0 saturated carbocycles. The van der Waals surface area contributed by atoms with Crippen LogP contribution in [0.3, 0.4) is 0 Å². The lowest BCUT2D eigenvalue weighted by Crippen LogP contribution is -2.21. The molecular formula is C20H28O5. The van der Waals surface area contributed by atoms with Crippen LogP contribution in [0.2, 0.25) is 0 Å². The first-order valence-electron chi connectivity index (χ1n) is 8.82. The molecule has 0 aliphatic heterocycles. The van der Waals surface area contributed by atoms with Crippen LogP contribution in [0.15, 0.2) is 24.3 Å². The molecule has 4 atom stereocenters. The maximum atomic E-state index is 11.3. The van der Waals surface area contributed by atoms with Gasteiger partial charge in [-0.3, -0.25) is 0 Å². The van der Waals surface area contributed by atoms with Gasteiger partial charge >= 0.3 is 5.97 Å². The van der Waals surface area contributed by atoms with Crippen molar-refractivity contribution in [3.63, 3.8) is 0 Å². The van der Waals surface area contributed by atoms with E-state index >= 15 is 0 Å². The van der Waals surface area contributed by atoms with E-state index in [-0.39, 0.29) is 35.7 Å². The molecule has 0 fully saturated rings. The maximum Gasteiger partial charge on any atom is 0.335 e. The normalized spacial score (nSPS) is 22.1. The Hall–Kier alpha value is -1.85. The highest BCUT2D eigenvalue weighted by molar-refractivity contribution is 5.88. The zero-order valence-electron chi connectivity index (χ0n) is 14.9. The second-order valence-corrected chi connectivity index (χ2v) is 7.28. The van der Waals surface area contributed by atoms with Gasteiger partial charge in [-0.15, -0.1) is 0 Å². The fraction of sp³-hybridized carbons (Fsp3) is 0.550. The molecule has 0 aromatic heterocycles. The van der Waals surface area contributed by atoms with Gasteiger partial charge in [0.05, 0.1) is 18.3 Å². The summed E-state index contributed by atoms with van der Waals surface area (Å²) in [5.41, 5.74) is 2.29. The number of aliphatic hydroxyl groups excluding tert-OH is 2. The van der Waals surface area contributed by atoms with E-state index in [1.165, 1.54) is 6.07 Å². The highest BCUT2D eigenvalue weighted by Crippen LogP contribution is 2.47. The SMILES string of the molecule is C=C(CO)C(O)CC[C@H](C)[C@@H]1CC[C@@H](C)c2c(O)cc(C(=O)O)cc21. The monoisotopic (exact) mass is 348 g/mol. The Labute approximate surface area is 148 Å². The molecule has 2 rings (SSSR count). The van der Waals surface area contributed by atoms with E-state index in [0.717, 1.165) is 30.4 Å². The van der Waals surface area contributed by atoms with Gasteiger partial charge in [-0.1, -0.05) is 20.4 Å². The van der Waals surface area contributed by atoms with Gasteiger partial charge in [-0.25, -0.2) is 4.79 Å². The number of carboxylic acid groups (broad SMARTS) is 1. The third-order valence-corrected chi connectivity index (χ3v) is 5.50. The van der Waals surface area contributed by atoms with Gasteiger partial charge in [0.1, 0.15) is 5.75 Å². The van der Waals surface area contributed by atoms with Crippen LogP contribution < -0.4 is 0 Å². The van der Waals surface area contributed by atoms with Crippen molar-refractivity contribution in [1.29, 1.82) is 0 Å². The van der Waals surface area contributed by atoms with E-state index in [1.54, 1.807) is 6.07 Å². The quantitative estimate of drug-likeness (QED) is 0.566. The molecule has 1 aromatic rings. The van der Waals surface area contributed by atoms with Gasteiger partial charge in [0.15, 0.2) is 0 Å². The Morgan fingerprint density at radius 3 is 2.60 bits per heavy atom. The molecule has 0 heterocycles. The third kappa shape index (κ3) is 4.22. The molecule has 0 radical (unpaired) electrons. The minimum absolute atomic E-state index is 0.0630. The van der Waals surface area contributed by atoms with Crippen LogP contribution in [0.25, 0.3) is 0 Å². The van der Waals surface area contributed by atoms with Crippen molar-refractivity contribution >= 4 is 5.97 Å². The summed E-state index contributed by atoms with van der Waals surface area (Å²) in [6.07, 6.45) is 2.37. The van der Waals surface area contributed by atoms with Crippen molar-refractivity contribution in [2.45, 2.75) is 57.5 Å². The average Bonchev–Trinajstić information content (AvgIpc) is 2.58. The van der Waals surface area contributed by atoms with Crippen LogP contribution in [0.4, 0.5) is 0 Å². The Morgan fingerprint density at radius 1 is 1.32 bits per heavy atom. The number of rotatable bonds is 7. The number of carbonyl (C=O) groups is 1. The van der Waals surface area contributed by atoms with Crippen molar-refractivity contribution in [3.05, 3.63) is 41.0 Å². The first-order chi connectivity index (χ1) is 11.8. The van der Waals surface area contributed by atoms with Crippen LogP contribution in [-0.2, 0) is 0 Å². The lowest BCUT2D eigenvalue weighted by molar-refractivity contribution is 0.0696. The minimum atomic E-state index is -1.04. The highest BCUT2D eigenvalue weighted by atomic mass is 16.4. The van der Waals surface area contributed by atoms with Gasteiger partial charge in [0.2, 0.25) is 0 Å². The van der Waals surface area contributed by atoms with Gasteiger partial charge in [-0.2, -0.15) is 0 Å². The Bertz CT molecular complexity index is 652. The molecule has 1 aromatic carbocycles. The molecule has 5 heteroatoms. The fourth-order valence-corrected chi connectivity index (χ4v) is 3.88. The number of phenols is 1. The predicted octanol–water partition coefficient (Wildman–Crippen LogP) is 3.40. The Morgan fingerprint density at radius 2 is 2.00 bits per heavy atom. The van der Waals surface area contributed by atoms with E-state index in [0.29, 0.717) is 12.0 Å². The molecule has 5 nitrogen and oxygen atoms in total. The molecule has 1 aliphatic carbocycles.